The molecule has 2 aliphatic rings. The summed E-state index contributed by atoms with van der Waals surface area (Å²) in [7, 11) is 0. The fourth-order valence-corrected chi connectivity index (χ4v) is 8.90. The molecule has 0 N–H and O–H groups in total. The maximum absolute atomic E-state index is 2.58. The van der Waals surface area contributed by atoms with E-state index in [1.807, 2.05) is 11.3 Å². The maximum atomic E-state index is 2.58. The van der Waals surface area contributed by atoms with Crippen molar-refractivity contribution in [2.75, 3.05) is 9.71 Å². The van der Waals surface area contributed by atoms with Gasteiger partial charge in [-0.25, -0.2) is 0 Å². The highest BCUT2D eigenvalue weighted by molar-refractivity contribution is 7.26. The van der Waals surface area contributed by atoms with Crippen molar-refractivity contribution < 1.29 is 0 Å². The zero-order valence-electron chi connectivity index (χ0n) is 25.0. The average Bonchev–Trinajstić information content (AvgIpc) is 3.51. The van der Waals surface area contributed by atoms with E-state index in [0.29, 0.717) is 0 Å². The molecule has 46 heavy (non-hydrogen) atoms. The number of hydrogen-bond donors (Lipinski definition) is 0. The maximum Gasteiger partial charge on any atom is 0.333 e. The third-order valence-electron chi connectivity index (χ3n) is 9.64. The van der Waals surface area contributed by atoms with Gasteiger partial charge in [-0.15, -0.1) is 11.3 Å². The molecule has 0 unspecified atom stereocenters. The van der Waals surface area contributed by atoms with Gasteiger partial charge in [0.2, 0.25) is 0 Å². The first-order valence-electron chi connectivity index (χ1n) is 15.8. The van der Waals surface area contributed by atoms with Crippen LogP contribution in [0.15, 0.2) is 164 Å². The Hall–Kier alpha value is -5.58. The summed E-state index contributed by atoms with van der Waals surface area (Å²) in [6.45, 7) is 0.0227. The van der Waals surface area contributed by atoms with E-state index in [1.54, 1.807) is 0 Å². The number of hydrogen-bond acceptors (Lipinski definition) is 3. The van der Waals surface area contributed by atoms with Crippen LogP contribution in [0, 0.1) is 0 Å². The van der Waals surface area contributed by atoms with Gasteiger partial charge in [0.05, 0.1) is 5.69 Å². The summed E-state index contributed by atoms with van der Waals surface area (Å²) in [5.74, 6) is 0. The van der Waals surface area contributed by atoms with Crippen molar-refractivity contribution in [1.82, 2.24) is 0 Å². The van der Waals surface area contributed by atoms with Crippen LogP contribution in [0.25, 0.3) is 42.4 Å². The molecule has 4 heteroatoms. The summed E-state index contributed by atoms with van der Waals surface area (Å²) < 4.78 is 2.61. The molecule has 0 atom stereocenters. The SMILES string of the molecule is c1ccc(-c2ccc3sc4ccccc4c3c2N2c3ccccc3B3c4c(cccc42)-c2ccccc2N3c2ccccc2)cc1. The summed E-state index contributed by atoms with van der Waals surface area (Å²) >= 11 is 1.88. The predicted octanol–water partition coefficient (Wildman–Crippen LogP) is 10.4. The molecule has 0 spiro atoms. The van der Waals surface area contributed by atoms with Crippen LogP contribution in [0.5, 0.6) is 0 Å². The van der Waals surface area contributed by atoms with Gasteiger partial charge in [0.1, 0.15) is 0 Å². The van der Waals surface area contributed by atoms with Crippen LogP contribution in [-0.4, -0.2) is 6.85 Å². The number of rotatable bonds is 3. The zero-order valence-corrected chi connectivity index (χ0v) is 25.8. The van der Waals surface area contributed by atoms with Crippen molar-refractivity contribution in [2.45, 2.75) is 0 Å². The van der Waals surface area contributed by atoms with E-state index < -0.39 is 0 Å². The van der Waals surface area contributed by atoms with Crippen LogP contribution >= 0.6 is 11.3 Å². The average molecular weight is 603 g/mol. The van der Waals surface area contributed by atoms with E-state index >= 15 is 0 Å². The summed E-state index contributed by atoms with van der Waals surface area (Å²) in [5.41, 5.74) is 13.8. The molecule has 2 aliphatic heterocycles. The van der Waals surface area contributed by atoms with Crippen molar-refractivity contribution in [3.63, 3.8) is 0 Å². The molecule has 0 fully saturated rings. The van der Waals surface area contributed by atoms with E-state index in [-0.39, 0.29) is 6.85 Å². The summed E-state index contributed by atoms with van der Waals surface area (Å²) in [6, 6.07) is 60.1. The molecule has 7 aromatic carbocycles. The van der Waals surface area contributed by atoms with Gasteiger partial charge in [0.25, 0.3) is 0 Å². The molecule has 8 aromatic rings. The van der Waals surface area contributed by atoms with Gasteiger partial charge >= 0.3 is 6.85 Å². The largest absolute Gasteiger partial charge is 0.376 e. The van der Waals surface area contributed by atoms with Gasteiger partial charge in [-0.3, -0.25) is 0 Å². The van der Waals surface area contributed by atoms with E-state index in [1.165, 1.54) is 81.8 Å². The van der Waals surface area contributed by atoms with Gasteiger partial charge in [0, 0.05) is 54.0 Å². The minimum atomic E-state index is 0.0227. The zero-order chi connectivity index (χ0) is 30.2. The van der Waals surface area contributed by atoms with Gasteiger partial charge in [-0.1, -0.05) is 121 Å². The Bertz CT molecular complexity index is 2450. The molecule has 0 aliphatic carbocycles. The normalized spacial score (nSPS) is 13.1. The van der Waals surface area contributed by atoms with Crippen molar-refractivity contribution in [2.24, 2.45) is 0 Å². The second-order valence-corrected chi connectivity index (χ2v) is 13.1. The lowest BCUT2D eigenvalue weighted by Crippen LogP contribution is -2.61. The number of para-hydroxylation sites is 3. The number of nitrogens with zero attached hydrogens (tertiary/aromatic N) is 2. The van der Waals surface area contributed by atoms with Crippen molar-refractivity contribution in [1.29, 1.82) is 0 Å². The molecular weight excluding hydrogens is 575 g/mol. The predicted molar refractivity (Wildman–Crippen MR) is 198 cm³/mol. The molecule has 0 bridgehead atoms. The highest BCUT2D eigenvalue weighted by Gasteiger charge is 2.45. The van der Waals surface area contributed by atoms with Crippen molar-refractivity contribution >= 4 is 77.7 Å². The molecule has 0 radical (unpaired) electrons. The summed E-state index contributed by atoms with van der Waals surface area (Å²) in [4.78, 5) is 5.13. The highest BCUT2D eigenvalue weighted by atomic mass is 32.1. The lowest BCUT2D eigenvalue weighted by molar-refractivity contribution is 1.28. The van der Waals surface area contributed by atoms with Crippen LogP contribution in [-0.2, 0) is 0 Å². The Balaban J connectivity index is 1.36. The van der Waals surface area contributed by atoms with Crippen LogP contribution in [0.1, 0.15) is 0 Å². The molecule has 0 saturated heterocycles. The van der Waals surface area contributed by atoms with Gasteiger partial charge in [-0.05, 0) is 64.5 Å². The van der Waals surface area contributed by atoms with Gasteiger partial charge < -0.3 is 9.71 Å². The Morgan fingerprint density at radius 2 is 1.13 bits per heavy atom. The molecular formula is C42H27BN2S. The number of anilines is 5. The van der Waals surface area contributed by atoms with Gasteiger partial charge in [-0.2, -0.15) is 0 Å². The monoisotopic (exact) mass is 602 g/mol. The standard InChI is InChI=1S/C42H27BN2S/c1-3-14-28(15-4-1)30-26-27-39-40(33-19-8-12-25-38(33)46-39)42(30)44-36-23-11-9-21-34(36)43-41-32(20-13-24-37(41)44)31-18-7-10-22-35(31)45(43)29-16-5-2-6-17-29/h1-27H. The molecule has 214 valence electrons. The number of thiophene rings is 1. The first-order chi connectivity index (χ1) is 22.9. The van der Waals surface area contributed by atoms with Crippen LogP contribution in [0.3, 0.4) is 0 Å². The number of fused-ring (bicyclic) bond motifs is 7. The molecule has 2 nitrogen and oxygen atoms in total. The Kier molecular flexibility index (Phi) is 5.57. The third-order valence-corrected chi connectivity index (χ3v) is 10.8. The second kappa shape index (κ2) is 9.97. The first-order valence-corrected chi connectivity index (χ1v) is 16.6. The quantitative estimate of drug-likeness (QED) is 0.186. The first kappa shape index (κ1) is 25.7. The lowest BCUT2D eigenvalue weighted by atomic mass is 9.43. The Morgan fingerprint density at radius 3 is 2.00 bits per heavy atom. The van der Waals surface area contributed by atoms with E-state index in [4.69, 9.17) is 0 Å². The Morgan fingerprint density at radius 1 is 0.457 bits per heavy atom. The number of benzene rings is 7. The molecule has 0 amide bonds. The molecule has 1 aromatic heterocycles. The fraction of sp³-hybridized carbons (Fsp3) is 0. The van der Waals surface area contributed by atoms with Crippen LogP contribution < -0.4 is 20.6 Å². The van der Waals surface area contributed by atoms with E-state index in [0.717, 1.165) is 0 Å². The lowest BCUT2D eigenvalue weighted by Gasteiger charge is -2.46. The van der Waals surface area contributed by atoms with Crippen molar-refractivity contribution in [3.8, 4) is 22.3 Å². The minimum Gasteiger partial charge on any atom is -0.376 e. The van der Waals surface area contributed by atoms with Crippen LogP contribution in [0.2, 0.25) is 0 Å². The fourth-order valence-electron chi connectivity index (χ4n) is 7.80. The minimum absolute atomic E-state index is 0.0227. The van der Waals surface area contributed by atoms with Crippen LogP contribution in [0.4, 0.5) is 28.4 Å². The third kappa shape index (κ3) is 3.59. The molecule has 10 rings (SSSR count). The smallest absolute Gasteiger partial charge is 0.333 e. The van der Waals surface area contributed by atoms with Gasteiger partial charge in [0.15, 0.2) is 0 Å². The molecule has 0 saturated carbocycles. The van der Waals surface area contributed by atoms with E-state index in [2.05, 4.69) is 174 Å². The summed E-state index contributed by atoms with van der Waals surface area (Å²) in [5, 5.41) is 2.61. The summed E-state index contributed by atoms with van der Waals surface area (Å²) in [6.07, 6.45) is 0. The second-order valence-electron chi connectivity index (χ2n) is 12.1. The Labute approximate surface area is 272 Å². The highest BCUT2D eigenvalue weighted by Crippen LogP contribution is 2.52. The van der Waals surface area contributed by atoms with Crippen molar-refractivity contribution in [3.05, 3.63) is 164 Å². The molecule has 3 heterocycles. The van der Waals surface area contributed by atoms with E-state index in [9.17, 15) is 0 Å². The topological polar surface area (TPSA) is 6.48 Å².